The second-order valence-corrected chi connectivity index (χ2v) is 3.66. The fourth-order valence-corrected chi connectivity index (χ4v) is 2.12. The van der Waals surface area contributed by atoms with Crippen LogP contribution in [0.5, 0.6) is 0 Å². The third-order valence-electron chi connectivity index (χ3n) is 3.00. The Hall–Kier alpha value is -0.0800. The van der Waals surface area contributed by atoms with Crippen molar-refractivity contribution in [3.05, 3.63) is 0 Å². The maximum absolute atomic E-state index is 5.58. The molecule has 0 aromatic heterocycles. The zero-order valence-corrected chi connectivity index (χ0v) is 6.31. The van der Waals surface area contributed by atoms with Crippen LogP contribution in [-0.2, 0) is 4.74 Å². The van der Waals surface area contributed by atoms with Gasteiger partial charge in [0.05, 0.1) is 6.61 Å². The monoisotopic (exact) mass is 141 g/mol. The van der Waals surface area contributed by atoms with Crippen LogP contribution in [0.4, 0.5) is 0 Å². The molecule has 1 heterocycles. The fraction of sp³-hybridized carbons (Fsp3) is 1.00. The van der Waals surface area contributed by atoms with E-state index in [0.717, 1.165) is 25.7 Å². The summed E-state index contributed by atoms with van der Waals surface area (Å²) in [6.45, 7) is 2.82. The van der Waals surface area contributed by atoms with Gasteiger partial charge < -0.3 is 10.5 Å². The molecule has 0 bridgehead atoms. The van der Waals surface area contributed by atoms with E-state index in [9.17, 15) is 0 Å². The third-order valence-corrected chi connectivity index (χ3v) is 3.00. The van der Waals surface area contributed by atoms with Crippen LogP contribution in [0.1, 0.15) is 19.3 Å². The normalized spacial score (nSPS) is 45.9. The van der Waals surface area contributed by atoms with Crippen molar-refractivity contribution >= 4 is 0 Å². The lowest BCUT2D eigenvalue weighted by Gasteiger charge is -2.22. The summed E-state index contributed by atoms with van der Waals surface area (Å²) in [7, 11) is 0. The van der Waals surface area contributed by atoms with Crippen molar-refractivity contribution in [2.75, 3.05) is 19.8 Å². The van der Waals surface area contributed by atoms with Crippen LogP contribution in [0.2, 0.25) is 0 Å². The molecule has 0 aromatic rings. The van der Waals surface area contributed by atoms with Crippen LogP contribution in [0, 0.1) is 11.3 Å². The molecule has 1 aliphatic heterocycles. The lowest BCUT2D eigenvalue weighted by atomic mass is 9.96. The molecule has 2 atom stereocenters. The SMILES string of the molecule is NCC1CC12CCCOC2. The number of ether oxygens (including phenoxy) is 1. The van der Waals surface area contributed by atoms with Gasteiger partial charge in [-0.15, -0.1) is 0 Å². The van der Waals surface area contributed by atoms with Gasteiger partial charge >= 0.3 is 0 Å². The van der Waals surface area contributed by atoms with Crippen molar-refractivity contribution in [1.29, 1.82) is 0 Å². The molecule has 1 saturated heterocycles. The predicted octanol–water partition coefficient (Wildman–Crippen LogP) is 0.762. The van der Waals surface area contributed by atoms with E-state index in [4.69, 9.17) is 10.5 Å². The topological polar surface area (TPSA) is 35.2 Å². The van der Waals surface area contributed by atoms with Crippen molar-refractivity contribution < 1.29 is 4.74 Å². The Morgan fingerprint density at radius 3 is 3.00 bits per heavy atom. The van der Waals surface area contributed by atoms with Gasteiger partial charge in [-0.1, -0.05) is 0 Å². The van der Waals surface area contributed by atoms with Crippen LogP contribution in [0.15, 0.2) is 0 Å². The average molecular weight is 141 g/mol. The van der Waals surface area contributed by atoms with E-state index < -0.39 is 0 Å². The van der Waals surface area contributed by atoms with Gasteiger partial charge in [0.15, 0.2) is 0 Å². The molecule has 10 heavy (non-hydrogen) atoms. The van der Waals surface area contributed by atoms with E-state index in [-0.39, 0.29) is 0 Å². The number of rotatable bonds is 1. The van der Waals surface area contributed by atoms with E-state index in [1.807, 2.05) is 0 Å². The summed E-state index contributed by atoms with van der Waals surface area (Å²) >= 11 is 0. The van der Waals surface area contributed by atoms with Gasteiger partial charge in [-0.3, -0.25) is 0 Å². The van der Waals surface area contributed by atoms with Crippen molar-refractivity contribution in [2.45, 2.75) is 19.3 Å². The third kappa shape index (κ3) is 0.867. The Balaban J connectivity index is 1.92. The first kappa shape index (κ1) is 6.62. The summed E-state index contributed by atoms with van der Waals surface area (Å²) in [6.07, 6.45) is 3.93. The Morgan fingerprint density at radius 2 is 2.50 bits per heavy atom. The molecule has 0 aromatic carbocycles. The van der Waals surface area contributed by atoms with Gasteiger partial charge in [-0.05, 0) is 37.1 Å². The molecule has 2 rings (SSSR count). The van der Waals surface area contributed by atoms with Crippen LogP contribution in [0.3, 0.4) is 0 Å². The smallest absolute Gasteiger partial charge is 0.0525 e. The zero-order valence-electron chi connectivity index (χ0n) is 6.31. The van der Waals surface area contributed by atoms with Gasteiger partial charge in [0.1, 0.15) is 0 Å². The van der Waals surface area contributed by atoms with Crippen molar-refractivity contribution in [1.82, 2.24) is 0 Å². The molecule has 2 N–H and O–H groups in total. The van der Waals surface area contributed by atoms with Crippen molar-refractivity contribution in [3.8, 4) is 0 Å². The molecule has 2 heteroatoms. The van der Waals surface area contributed by atoms with Gasteiger partial charge in [-0.2, -0.15) is 0 Å². The molecular weight excluding hydrogens is 126 g/mol. The highest BCUT2D eigenvalue weighted by Gasteiger charge is 2.53. The lowest BCUT2D eigenvalue weighted by molar-refractivity contribution is 0.0368. The van der Waals surface area contributed by atoms with Crippen LogP contribution < -0.4 is 5.73 Å². The molecule has 0 amide bonds. The molecule has 1 saturated carbocycles. The minimum atomic E-state index is 0.549. The van der Waals surface area contributed by atoms with E-state index in [1.54, 1.807) is 0 Å². The summed E-state index contributed by atoms with van der Waals surface area (Å²) < 4.78 is 5.42. The maximum Gasteiger partial charge on any atom is 0.0525 e. The van der Waals surface area contributed by atoms with E-state index in [0.29, 0.717) is 5.41 Å². The van der Waals surface area contributed by atoms with Gasteiger partial charge in [0.2, 0.25) is 0 Å². The number of hydrogen-bond donors (Lipinski definition) is 1. The Bertz CT molecular complexity index is 129. The van der Waals surface area contributed by atoms with Crippen LogP contribution >= 0.6 is 0 Å². The Labute approximate surface area is 61.7 Å². The molecular formula is C8H15NO. The molecule has 2 fully saturated rings. The quantitative estimate of drug-likeness (QED) is 0.585. The highest BCUT2D eigenvalue weighted by Crippen LogP contribution is 2.56. The van der Waals surface area contributed by atoms with E-state index in [2.05, 4.69) is 0 Å². The summed E-state index contributed by atoms with van der Waals surface area (Å²) in [5.41, 5.74) is 6.13. The van der Waals surface area contributed by atoms with E-state index >= 15 is 0 Å². The Morgan fingerprint density at radius 1 is 1.60 bits per heavy atom. The lowest BCUT2D eigenvalue weighted by Crippen LogP contribution is -2.22. The number of hydrogen-bond acceptors (Lipinski definition) is 2. The van der Waals surface area contributed by atoms with Crippen molar-refractivity contribution in [2.24, 2.45) is 17.1 Å². The second-order valence-electron chi connectivity index (χ2n) is 3.66. The Kier molecular flexibility index (Phi) is 1.46. The molecule has 0 radical (unpaired) electrons. The van der Waals surface area contributed by atoms with Gasteiger partial charge in [0.25, 0.3) is 0 Å². The van der Waals surface area contributed by atoms with Gasteiger partial charge in [-0.25, -0.2) is 0 Å². The highest BCUT2D eigenvalue weighted by atomic mass is 16.5. The zero-order chi connectivity index (χ0) is 7.03. The fourth-order valence-electron chi connectivity index (χ4n) is 2.12. The molecule has 1 spiro atoms. The van der Waals surface area contributed by atoms with Crippen LogP contribution in [-0.4, -0.2) is 19.8 Å². The summed E-state index contributed by atoms with van der Waals surface area (Å²) in [4.78, 5) is 0. The first-order chi connectivity index (χ1) is 4.87. The molecule has 58 valence electrons. The van der Waals surface area contributed by atoms with E-state index in [1.165, 1.54) is 19.3 Å². The minimum absolute atomic E-state index is 0.549. The first-order valence-corrected chi connectivity index (χ1v) is 4.15. The van der Waals surface area contributed by atoms with Crippen molar-refractivity contribution in [3.63, 3.8) is 0 Å². The molecule has 2 unspecified atom stereocenters. The van der Waals surface area contributed by atoms with Gasteiger partial charge in [0, 0.05) is 6.61 Å². The maximum atomic E-state index is 5.58. The highest BCUT2D eigenvalue weighted by molar-refractivity contribution is 5.03. The molecule has 2 aliphatic rings. The predicted molar refractivity (Wildman–Crippen MR) is 39.6 cm³/mol. The molecule has 1 aliphatic carbocycles. The largest absolute Gasteiger partial charge is 0.381 e. The average Bonchev–Trinajstić information content (AvgIpc) is 2.65. The standard InChI is InChI=1S/C8H15NO/c9-5-7-4-8(7)2-1-3-10-6-8/h7H,1-6,9H2. The summed E-state index contributed by atoms with van der Waals surface area (Å²) in [6, 6.07) is 0. The first-order valence-electron chi connectivity index (χ1n) is 4.15. The molecule has 2 nitrogen and oxygen atoms in total. The summed E-state index contributed by atoms with van der Waals surface area (Å²) in [5, 5.41) is 0. The minimum Gasteiger partial charge on any atom is -0.381 e. The van der Waals surface area contributed by atoms with Crippen LogP contribution in [0.25, 0.3) is 0 Å². The second kappa shape index (κ2) is 2.21. The summed E-state index contributed by atoms with van der Waals surface area (Å²) in [5.74, 6) is 0.785. The number of nitrogens with two attached hydrogens (primary N) is 1.